The van der Waals surface area contributed by atoms with Gasteiger partial charge in [0.1, 0.15) is 6.17 Å². The molecule has 0 spiro atoms. The Morgan fingerprint density at radius 2 is 1.44 bits per heavy atom. The van der Waals surface area contributed by atoms with Gasteiger partial charge in [-0.05, 0) is 63.2 Å². The lowest BCUT2D eigenvalue weighted by atomic mass is 9.71. The Hall–Kier alpha value is -0.110. The molecule has 0 N–H and O–H groups in total. The molecule has 2 aliphatic rings. The van der Waals surface area contributed by atoms with E-state index < -0.39 is 6.17 Å². The van der Waals surface area contributed by atoms with Gasteiger partial charge in [0.25, 0.3) is 0 Å². The van der Waals surface area contributed by atoms with Crippen LogP contribution in [-0.2, 0) is 4.74 Å². The number of rotatable bonds is 4. The molecule has 0 amide bonds. The minimum Gasteiger partial charge on any atom is -0.375 e. The van der Waals surface area contributed by atoms with Gasteiger partial charge in [-0.2, -0.15) is 0 Å². The molecule has 18 heavy (non-hydrogen) atoms. The van der Waals surface area contributed by atoms with Crippen molar-refractivity contribution < 1.29 is 9.13 Å². The van der Waals surface area contributed by atoms with Crippen molar-refractivity contribution in [2.75, 3.05) is 6.61 Å². The molecular formula is C16H29FO. The summed E-state index contributed by atoms with van der Waals surface area (Å²) in [6, 6.07) is 0. The molecule has 1 atom stereocenters. The number of halogens is 1. The fourth-order valence-electron chi connectivity index (χ4n) is 3.75. The van der Waals surface area contributed by atoms with E-state index >= 15 is 0 Å². The van der Waals surface area contributed by atoms with Crippen LogP contribution >= 0.6 is 0 Å². The maximum absolute atomic E-state index is 12.7. The van der Waals surface area contributed by atoms with Crippen molar-refractivity contribution in [3.63, 3.8) is 0 Å². The second-order valence-electron chi connectivity index (χ2n) is 6.67. The third kappa shape index (κ3) is 4.22. The lowest BCUT2D eigenvalue weighted by molar-refractivity contribution is -0.0125. The van der Waals surface area contributed by atoms with Crippen LogP contribution < -0.4 is 0 Å². The van der Waals surface area contributed by atoms with E-state index in [0.29, 0.717) is 6.10 Å². The number of alkyl halides is 1. The third-order valence-electron chi connectivity index (χ3n) is 5.01. The number of hydrogen-bond acceptors (Lipinski definition) is 1. The second-order valence-corrected chi connectivity index (χ2v) is 6.67. The molecule has 0 heterocycles. The van der Waals surface area contributed by atoms with Crippen LogP contribution in [0.25, 0.3) is 0 Å². The SMILES string of the molecule is CC(F)COC1CCC(C2CCC(C)CC2)CC1. The Morgan fingerprint density at radius 3 is 1.94 bits per heavy atom. The first-order chi connectivity index (χ1) is 8.65. The van der Waals surface area contributed by atoms with Crippen molar-refractivity contribution in [1.29, 1.82) is 0 Å². The van der Waals surface area contributed by atoms with Crippen molar-refractivity contribution in [1.82, 2.24) is 0 Å². The lowest BCUT2D eigenvalue weighted by Gasteiger charge is -2.37. The molecule has 1 nitrogen and oxygen atoms in total. The molecule has 2 heteroatoms. The summed E-state index contributed by atoms with van der Waals surface area (Å²) in [7, 11) is 0. The first kappa shape index (κ1) is 14.3. The molecule has 0 saturated heterocycles. The quantitative estimate of drug-likeness (QED) is 0.705. The summed E-state index contributed by atoms with van der Waals surface area (Å²) in [5.74, 6) is 2.86. The molecule has 2 saturated carbocycles. The molecule has 0 aliphatic heterocycles. The number of hydrogen-bond donors (Lipinski definition) is 0. The summed E-state index contributed by atoms with van der Waals surface area (Å²) in [4.78, 5) is 0. The van der Waals surface area contributed by atoms with Crippen LogP contribution in [-0.4, -0.2) is 18.9 Å². The predicted octanol–water partition coefficient (Wildman–Crippen LogP) is 4.75. The fourth-order valence-corrected chi connectivity index (χ4v) is 3.75. The monoisotopic (exact) mass is 256 g/mol. The largest absolute Gasteiger partial charge is 0.375 e. The van der Waals surface area contributed by atoms with Crippen molar-refractivity contribution >= 4 is 0 Å². The highest BCUT2D eigenvalue weighted by Gasteiger charge is 2.30. The van der Waals surface area contributed by atoms with Crippen LogP contribution in [0.1, 0.15) is 65.2 Å². The molecule has 2 fully saturated rings. The molecule has 0 radical (unpaired) electrons. The van der Waals surface area contributed by atoms with Gasteiger partial charge in [0.05, 0.1) is 12.7 Å². The number of ether oxygens (including phenoxy) is 1. The molecule has 2 aliphatic carbocycles. The van der Waals surface area contributed by atoms with E-state index in [1.54, 1.807) is 6.92 Å². The Morgan fingerprint density at radius 1 is 0.944 bits per heavy atom. The van der Waals surface area contributed by atoms with E-state index in [1.165, 1.54) is 38.5 Å². The molecule has 1 unspecified atom stereocenters. The maximum atomic E-state index is 12.7. The van der Waals surface area contributed by atoms with Gasteiger partial charge in [-0.15, -0.1) is 0 Å². The van der Waals surface area contributed by atoms with Crippen LogP contribution in [0.2, 0.25) is 0 Å². The normalized spacial score (nSPS) is 39.5. The summed E-state index contributed by atoms with van der Waals surface area (Å²) in [5, 5.41) is 0. The standard InChI is InChI=1S/C16H29FO/c1-12-3-5-14(6-4-12)15-7-9-16(10-8-15)18-11-13(2)17/h12-16H,3-11H2,1-2H3. The van der Waals surface area contributed by atoms with Crippen LogP contribution in [0.4, 0.5) is 4.39 Å². The molecule has 0 bridgehead atoms. The van der Waals surface area contributed by atoms with Gasteiger partial charge < -0.3 is 4.74 Å². The Bertz CT molecular complexity index is 225. The molecule has 2 rings (SSSR count). The van der Waals surface area contributed by atoms with Crippen LogP contribution in [0.15, 0.2) is 0 Å². The zero-order valence-corrected chi connectivity index (χ0v) is 12.0. The van der Waals surface area contributed by atoms with E-state index in [2.05, 4.69) is 6.92 Å². The summed E-state index contributed by atoms with van der Waals surface area (Å²) < 4.78 is 18.4. The highest BCUT2D eigenvalue weighted by atomic mass is 19.1. The fraction of sp³-hybridized carbons (Fsp3) is 1.00. The van der Waals surface area contributed by atoms with Crippen LogP contribution in [0.3, 0.4) is 0 Å². The second kappa shape index (κ2) is 6.88. The predicted molar refractivity (Wildman–Crippen MR) is 73.4 cm³/mol. The van der Waals surface area contributed by atoms with Gasteiger partial charge in [0.2, 0.25) is 0 Å². The van der Waals surface area contributed by atoms with Gasteiger partial charge in [-0.3, -0.25) is 0 Å². The summed E-state index contributed by atoms with van der Waals surface area (Å²) in [6.07, 6.45) is 10.2. The van der Waals surface area contributed by atoms with Gasteiger partial charge in [-0.25, -0.2) is 4.39 Å². The Balaban J connectivity index is 1.67. The Kier molecular flexibility index (Phi) is 5.47. The summed E-state index contributed by atoms with van der Waals surface area (Å²) in [6.45, 7) is 4.25. The average molecular weight is 256 g/mol. The Labute approximate surface area is 111 Å². The van der Waals surface area contributed by atoms with E-state index in [1.807, 2.05) is 0 Å². The molecule has 106 valence electrons. The van der Waals surface area contributed by atoms with Crippen LogP contribution in [0.5, 0.6) is 0 Å². The van der Waals surface area contributed by atoms with E-state index in [-0.39, 0.29) is 6.61 Å². The minimum absolute atomic E-state index is 0.288. The molecular weight excluding hydrogens is 227 g/mol. The highest BCUT2D eigenvalue weighted by molar-refractivity contribution is 4.81. The van der Waals surface area contributed by atoms with E-state index in [4.69, 9.17) is 4.74 Å². The lowest BCUT2D eigenvalue weighted by Crippen LogP contribution is -2.29. The smallest absolute Gasteiger partial charge is 0.121 e. The average Bonchev–Trinajstić information content (AvgIpc) is 2.38. The van der Waals surface area contributed by atoms with Crippen molar-refractivity contribution in [3.8, 4) is 0 Å². The van der Waals surface area contributed by atoms with E-state index in [0.717, 1.165) is 30.6 Å². The van der Waals surface area contributed by atoms with E-state index in [9.17, 15) is 4.39 Å². The molecule has 0 aromatic carbocycles. The van der Waals surface area contributed by atoms with Crippen molar-refractivity contribution in [2.24, 2.45) is 17.8 Å². The zero-order valence-electron chi connectivity index (χ0n) is 12.0. The van der Waals surface area contributed by atoms with Gasteiger partial charge in [-0.1, -0.05) is 19.8 Å². The highest BCUT2D eigenvalue weighted by Crippen LogP contribution is 2.40. The molecule has 0 aromatic rings. The minimum atomic E-state index is -0.817. The zero-order chi connectivity index (χ0) is 13.0. The van der Waals surface area contributed by atoms with Gasteiger partial charge >= 0.3 is 0 Å². The summed E-state index contributed by atoms with van der Waals surface area (Å²) >= 11 is 0. The third-order valence-corrected chi connectivity index (χ3v) is 5.01. The van der Waals surface area contributed by atoms with Gasteiger partial charge in [0, 0.05) is 0 Å². The maximum Gasteiger partial charge on any atom is 0.121 e. The first-order valence-corrected chi connectivity index (χ1v) is 7.90. The molecule has 0 aromatic heterocycles. The first-order valence-electron chi connectivity index (χ1n) is 7.90. The van der Waals surface area contributed by atoms with Crippen molar-refractivity contribution in [2.45, 2.75) is 77.5 Å². The topological polar surface area (TPSA) is 9.23 Å². The van der Waals surface area contributed by atoms with Crippen LogP contribution in [0, 0.1) is 17.8 Å². The van der Waals surface area contributed by atoms with Crippen molar-refractivity contribution in [3.05, 3.63) is 0 Å². The van der Waals surface area contributed by atoms with Gasteiger partial charge in [0.15, 0.2) is 0 Å². The summed E-state index contributed by atoms with van der Waals surface area (Å²) in [5.41, 5.74) is 0.